The molecule has 19 heavy (non-hydrogen) atoms. The predicted molar refractivity (Wildman–Crippen MR) is 70.2 cm³/mol. The summed E-state index contributed by atoms with van der Waals surface area (Å²) < 4.78 is 6.21. The van der Waals surface area contributed by atoms with Crippen molar-refractivity contribution in [2.45, 2.75) is 39.5 Å². The van der Waals surface area contributed by atoms with E-state index < -0.39 is 0 Å². The molecule has 0 bridgehead atoms. The van der Waals surface area contributed by atoms with Gasteiger partial charge in [0.1, 0.15) is 5.69 Å². The van der Waals surface area contributed by atoms with Gasteiger partial charge in [0.05, 0.1) is 6.61 Å². The molecule has 6 heteroatoms. The topological polar surface area (TPSA) is 81.2 Å². The van der Waals surface area contributed by atoms with Gasteiger partial charge in [0.2, 0.25) is 0 Å². The molecule has 0 spiro atoms. The third kappa shape index (κ3) is 4.08. The van der Waals surface area contributed by atoms with E-state index in [0.717, 1.165) is 0 Å². The molecule has 0 atom stereocenters. The molecule has 6 nitrogen and oxygen atoms in total. The van der Waals surface area contributed by atoms with Gasteiger partial charge in [0.25, 0.3) is 0 Å². The highest BCUT2D eigenvalue weighted by molar-refractivity contribution is 5.95. The minimum absolute atomic E-state index is 0.0981. The van der Waals surface area contributed by atoms with Crippen molar-refractivity contribution in [1.29, 1.82) is 0 Å². The number of H-pyrrole nitrogens is 1. The zero-order valence-corrected chi connectivity index (χ0v) is 11.6. The Bertz CT molecular complexity index is 513. The van der Waals surface area contributed by atoms with E-state index in [1.54, 1.807) is 20.9 Å². The number of ketones is 1. The first-order valence-corrected chi connectivity index (χ1v) is 6.41. The number of Topliss-reactive ketones (excluding diaryl/α,β-unsaturated/α-hetero) is 1. The summed E-state index contributed by atoms with van der Waals surface area (Å²) in [7, 11) is 1.62. The Hall–Kier alpha value is -1.85. The largest absolute Gasteiger partial charge is 0.466 e. The second-order valence-electron chi connectivity index (χ2n) is 4.38. The van der Waals surface area contributed by atoms with E-state index in [4.69, 9.17) is 4.74 Å². The third-order valence-electron chi connectivity index (χ3n) is 3.02. The van der Waals surface area contributed by atoms with Crippen LogP contribution in [-0.4, -0.2) is 27.9 Å². The van der Waals surface area contributed by atoms with Gasteiger partial charge in [0.15, 0.2) is 5.78 Å². The maximum atomic E-state index is 11.9. The summed E-state index contributed by atoms with van der Waals surface area (Å²) >= 11 is 0. The maximum Gasteiger partial charge on any atom is 0.326 e. The number of rotatable bonds is 7. The van der Waals surface area contributed by atoms with Gasteiger partial charge in [-0.05, 0) is 26.7 Å². The Kier molecular flexibility index (Phi) is 5.54. The number of nitrogens with one attached hydrogen (secondary N) is 1. The van der Waals surface area contributed by atoms with Crippen LogP contribution >= 0.6 is 0 Å². The van der Waals surface area contributed by atoms with E-state index in [0.29, 0.717) is 43.7 Å². The van der Waals surface area contributed by atoms with Gasteiger partial charge in [-0.2, -0.15) is 0 Å². The zero-order valence-electron chi connectivity index (χ0n) is 11.6. The summed E-state index contributed by atoms with van der Waals surface area (Å²) in [5, 5.41) is 0. The molecular formula is C13H20N2O4. The first kappa shape index (κ1) is 15.2. The number of hydrogen-bond acceptors (Lipinski definition) is 4. The first-order valence-electron chi connectivity index (χ1n) is 6.41. The minimum atomic E-state index is -0.285. The molecule has 0 aromatic carbocycles. The molecule has 0 saturated carbocycles. The lowest BCUT2D eigenvalue weighted by Crippen LogP contribution is -2.13. The van der Waals surface area contributed by atoms with Gasteiger partial charge in [-0.25, -0.2) is 4.79 Å². The lowest BCUT2D eigenvalue weighted by Gasteiger charge is -2.02. The van der Waals surface area contributed by atoms with Crippen molar-refractivity contribution in [3.8, 4) is 0 Å². The maximum absolute atomic E-state index is 11.9. The van der Waals surface area contributed by atoms with Crippen LogP contribution in [0.5, 0.6) is 0 Å². The lowest BCUT2D eigenvalue weighted by molar-refractivity contribution is -0.143. The van der Waals surface area contributed by atoms with Crippen LogP contribution in [0.15, 0.2) is 4.79 Å². The zero-order chi connectivity index (χ0) is 14.4. The quantitative estimate of drug-likeness (QED) is 0.459. The summed E-state index contributed by atoms with van der Waals surface area (Å²) in [4.78, 5) is 36.9. The fraction of sp³-hybridized carbons (Fsp3) is 0.615. The van der Waals surface area contributed by atoms with Crippen molar-refractivity contribution in [2.24, 2.45) is 7.05 Å². The molecule has 1 rings (SSSR count). The van der Waals surface area contributed by atoms with Crippen LogP contribution in [0, 0.1) is 6.92 Å². The number of imidazole rings is 1. The standard InChI is InChI=1S/C13H20N2O4/c1-4-19-11(17)8-6-5-7-10(16)12-9(2)15(3)13(18)14-12/h4-8H2,1-3H3,(H,14,18). The van der Waals surface area contributed by atoms with Gasteiger partial charge < -0.3 is 9.72 Å². The normalized spacial score (nSPS) is 10.5. The number of aromatic nitrogens is 2. The van der Waals surface area contributed by atoms with Crippen molar-refractivity contribution < 1.29 is 14.3 Å². The number of aromatic amines is 1. The molecule has 1 aromatic heterocycles. The molecule has 0 aliphatic rings. The SMILES string of the molecule is CCOC(=O)CCCCC(=O)c1[nH]c(=O)n(C)c1C. The molecule has 0 aliphatic heterocycles. The lowest BCUT2D eigenvalue weighted by atomic mass is 10.1. The second kappa shape index (κ2) is 6.92. The van der Waals surface area contributed by atoms with Gasteiger partial charge >= 0.3 is 11.7 Å². The van der Waals surface area contributed by atoms with Crippen LogP contribution in [-0.2, 0) is 16.6 Å². The molecule has 1 N–H and O–H groups in total. The van der Waals surface area contributed by atoms with Crippen LogP contribution in [0.4, 0.5) is 0 Å². The summed E-state index contributed by atoms with van der Waals surface area (Å²) in [6.07, 6.45) is 1.86. The molecule has 0 amide bonds. The van der Waals surface area contributed by atoms with E-state index in [9.17, 15) is 14.4 Å². The highest BCUT2D eigenvalue weighted by Crippen LogP contribution is 2.09. The minimum Gasteiger partial charge on any atom is -0.466 e. The van der Waals surface area contributed by atoms with E-state index in [-0.39, 0.29) is 17.4 Å². The summed E-state index contributed by atoms with van der Waals surface area (Å²) in [6.45, 7) is 3.86. The number of carbonyl (C=O) groups excluding carboxylic acids is 2. The van der Waals surface area contributed by atoms with Crippen molar-refractivity contribution in [3.05, 3.63) is 21.9 Å². The number of nitrogens with zero attached hydrogens (tertiary/aromatic N) is 1. The number of unbranched alkanes of at least 4 members (excludes halogenated alkanes) is 1. The molecule has 0 saturated heterocycles. The average Bonchev–Trinajstić information content (AvgIpc) is 2.62. The molecule has 0 aliphatic carbocycles. The molecule has 0 fully saturated rings. The van der Waals surface area contributed by atoms with E-state index in [2.05, 4.69) is 4.98 Å². The van der Waals surface area contributed by atoms with Crippen molar-refractivity contribution >= 4 is 11.8 Å². The van der Waals surface area contributed by atoms with Gasteiger partial charge in [-0.3, -0.25) is 14.2 Å². The highest BCUT2D eigenvalue weighted by atomic mass is 16.5. The van der Waals surface area contributed by atoms with Crippen molar-refractivity contribution in [3.63, 3.8) is 0 Å². The van der Waals surface area contributed by atoms with E-state index in [1.807, 2.05) is 0 Å². The number of hydrogen-bond donors (Lipinski definition) is 1. The van der Waals surface area contributed by atoms with Crippen molar-refractivity contribution in [2.75, 3.05) is 6.61 Å². The summed E-state index contributed by atoms with van der Waals surface area (Å²) in [5.74, 6) is -0.335. The average molecular weight is 268 g/mol. The van der Waals surface area contributed by atoms with Crippen LogP contribution in [0.3, 0.4) is 0 Å². The molecular weight excluding hydrogens is 248 g/mol. The van der Waals surface area contributed by atoms with E-state index >= 15 is 0 Å². The molecule has 0 unspecified atom stereocenters. The van der Waals surface area contributed by atoms with Crippen LogP contribution < -0.4 is 5.69 Å². The van der Waals surface area contributed by atoms with Crippen LogP contribution in [0.25, 0.3) is 0 Å². The Labute approximate surface area is 111 Å². The van der Waals surface area contributed by atoms with Crippen LogP contribution in [0.2, 0.25) is 0 Å². The molecule has 1 heterocycles. The Balaban J connectivity index is 2.42. The second-order valence-corrected chi connectivity index (χ2v) is 4.38. The first-order chi connectivity index (χ1) is 8.97. The summed E-state index contributed by atoms with van der Waals surface area (Å²) in [5.41, 5.74) is 0.719. The number of esters is 1. The van der Waals surface area contributed by atoms with Crippen LogP contribution in [0.1, 0.15) is 48.8 Å². The third-order valence-corrected chi connectivity index (χ3v) is 3.02. The monoisotopic (exact) mass is 268 g/mol. The van der Waals surface area contributed by atoms with E-state index in [1.165, 1.54) is 4.57 Å². The Morgan fingerprint density at radius 1 is 1.26 bits per heavy atom. The molecule has 106 valence electrons. The highest BCUT2D eigenvalue weighted by Gasteiger charge is 2.14. The van der Waals surface area contributed by atoms with Crippen molar-refractivity contribution in [1.82, 2.24) is 9.55 Å². The molecule has 1 aromatic rings. The smallest absolute Gasteiger partial charge is 0.326 e. The number of carbonyl (C=O) groups is 2. The number of ether oxygens (including phenoxy) is 1. The Morgan fingerprint density at radius 3 is 2.42 bits per heavy atom. The fourth-order valence-corrected chi connectivity index (χ4v) is 1.79. The summed E-state index contributed by atoms with van der Waals surface area (Å²) in [6, 6.07) is 0. The molecule has 0 radical (unpaired) electrons. The Morgan fingerprint density at radius 2 is 1.89 bits per heavy atom. The van der Waals surface area contributed by atoms with Gasteiger partial charge in [0, 0.05) is 25.6 Å². The van der Waals surface area contributed by atoms with Gasteiger partial charge in [-0.15, -0.1) is 0 Å². The van der Waals surface area contributed by atoms with Gasteiger partial charge in [-0.1, -0.05) is 0 Å². The predicted octanol–water partition coefficient (Wildman–Crippen LogP) is 1.33. The fourth-order valence-electron chi connectivity index (χ4n) is 1.79.